The zero-order valence-electron chi connectivity index (χ0n) is 8.92. The predicted octanol–water partition coefficient (Wildman–Crippen LogP) is 3.63. The van der Waals surface area contributed by atoms with Crippen molar-refractivity contribution in [3.63, 3.8) is 0 Å². The Kier molecular flexibility index (Phi) is 3.74. The largest absolute Gasteiger partial charge is 0.297 e. The van der Waals surface area contributed by atoms with E-state index in [1.807, 2.05) is 20.8 Å². The van der Waals surface area contributed by atoms with Crippen LogP contribution in [-0.4, -0.2) is 10.8 Å². The second kappa shape index (κ2) is 4.50. The Balaban J connectivity index is 2.95. The van der Waals surface area contributed by atoms with E-state index < -0.39 is 10.8 Å². The van der Waals surface area contributed by atoms with Crippen molar-refractivity contribution < 1.29 is 4.79 Å². The first-order chi connectivity index (χ1) is 6.82. The molecule has 1 heterocycles. The molecular weight excluding hydrogens is 233 g/mol. The van der Waals surface area contributed by atoms with Crippen LogP contribution in [0.4, 0.5) is 0 Å². The second-order valence-electron chi connectivity index (χ2n) is 4.36. The van der Waals surface area contributed by atoms with Gasteiger partial charge in [-0.05, 0) is 12.1 Å². The summed E-state index contributed by atoms with van der Waals surface area (Å²) in [4.78, 5) is 15.9. The standard InChI is InChI=1S/C11H13Cl2NO/c1-11(2,3)10(15)9(13)7-5-4-6-8(12)14-7/h4-6,9H,1-3H3. The van der Waals surface area contributed by atoms with Gasteiger partial charge < -0.3 is 0 Å². The van der Waals surface area contributed by atoms with Crippen LogP contribution in [0.3, 0.4) is 0 Å². The topological polar surface area (TPSA) is 30.0 Å². The highest BCUT2D eigenvalue weighted by Crippen LogP contribution is 2.29. The summed E-state index contributed by atoms with van der Waals surface area (Å²) in [7, 11) is 0. The van der Waals surface area contributed by atoms with Crippen LogP contribution < -0.4 is 0 Å². The fourth-order valence-corrected chi connectivity index (χ4v) is 1.70. The van der Waals surface area contributed by atoms with Gasteiger partial charge in [0, 0.05) is 5.41 Å². The molecule has 82 valence electrons. The fourth-order valence-electron chi connectivity index (χ4n) is 1.08. The van der Waals surface area contributed by atoms with Crippen LogP contribution in [0.2, 0.25) is 5.15 Å². The van der Waals surface area contributed by atoms with Gasteiger partial charge in [0.15, 0.2) is 5.78 Å². The Labute approximate surface area is 99.6 Å². The lowest BCUT2D eigenvalue weighted by molar-refractivity contribution is -0.126. The molecule has 0 radical (unpaired) electrons. The van der Waals surface area contributed by atoms with Crippen LogP contribution >= 0.6 is 23.2 Å². The van der Waals surface area contributed by atoms with Crippen LogP contribution in [0.5, 0.6) is 0 Å². The molecule has 0 saturated heterocycles. The van der Waals surface area contributed by atoms with Crippen molar-refractivity contribution in [2.75, 3.05) is 0 Å². The molecule has 1 rings (SSSR count). The lowest BCUT2D eigenvalue weighted by atomic mass is 9.88. The SMILES string of the molecule is CC(C)(C)C(=O)C(Cl)c1cccc(Cl)n1. The van der Waals surface area contributed by atoms with Crippen LogP contribution in [0.15, 0.2) is 18.2 Å². The zero-order chi connectivity index (χ0) is 11.6. The third kappa shape index (κ3) is 3.18. The highest BCUT2D eigenvalue weighted by Gasteiger charge is 2.30. The highest BCUT2D eigenvalue weighted by molar-refractivity contribution is 6.32. The van der Waals surface area contributed by atoms with Crippen molar-refractivity contribution in [2.45, 2.75) is 26.1 Å². The Hall–Kier alpha value is -0.600. The Bertz CT molecular complexity index is 371. The van der Waals surface area contributed by atoms with Gasteiger partial charge in [-0.25, -0.2) is 4.98 Å². The number of rotatable bonds is 2. The van der Waals surface area contributed by atoms with Crippen molar-refractivity contribution in [1.82, 2.24) is 4.98 Å². The van der Waals surface area contributed by atoms with Crippen LogP contribution in [-0.2, 0) is 4.79 Å². The molecule has 0 aromatic carbocycles. The molecule has 1 aromatic rings. The average molecular weight is 246 g/mol. The number of carbonyl (C=O) groups excluding carboxylic acids is 1. The molecule has 0 aliphatic carbocycles. The van der Waals surface area contributed by atoms with Gasteiger partial charge in [-0.2, -0.15) is 0 Å². The number of halogens is 2. The molecule has 1 atom stereocenters. The first kappa shape index (κ1) is 12.5. The summed E-state index contributed by atoms with van der Waals surface area (Å²) in [5.74, 6) is -0.0565. The molecule has 0 N–H and O–H groups in total. The number of nitrogens with zero attached hydrogens (tertiary/aromatic N) is 1. The molecule has 2 nitrogen and oxygen atoms in total. The number of hydrogen-bond donors (Lipinski definition) is 0. The van der Waals surface area contributed by atoms with Gasteiger partial charge in [-0.1, -0.05) is 38.4 Å². The molecule has 4 heteroatoms. The van der Waals surface area contributed by atoms with E-state index in [1.54, 1.807) is 18.2 Å². The van der Waals surface area contributed by atoms with E-state index in [0.717, 1.165) is 0 Å². The molecule has 0 amide bonds. The first-order valence-corrected chi connectivity index (χ1v) is 5.44. The van der Waals surface area contributed by atoms with Crippen molar-refractivity contribution in [3.05, 3.63) is 29.0 Å². The van der Waals surface area contributed by atoms with E-state index >= 15 is 0 Å². The average Bonchev–Trinajstić information content (AvgIpc) is 2.14. The van der Waals surface area contributed by atoms with E-state index in [9.17, 15) is 4.79 Å². The summed E-state index contributed by atoms with van der Waals surface area (Å²) < 4.78 is 0. The molecule has 0 spiro atoms. The summed E-state index contributed by atoms with van der Waals surface area (Å²) in [6.07, 6.45) is 0. The quantitative estimate of drug-likeness (QED) is 0.589. The Morgan fingerprint density at radius 2 is 2.00 bits per heavy atom. The van der Waals surface area contributed by atoms with Crippen LogP contribution in [0.25, 0.3) is 0 Å². The van der Waals surface area contributed by atoms with E-state index in [1.165, 1.54) is 0 Å². The van der Waals surface area contributed by atoms with E-state index in [2.05, 4.69) is 4.98 Å². The van der Waals surface area contributed by atoms with Gasteiger partial charge in [-0.15, -0.1) is 11.6 Å². The summed E-state index contributed by atoms with van der Waals surface area (Å²) >= 11 is 11.8. The van der Waals surface area contributed by atoms with Gasteiger partial charge in [0.1, 0.15) is 10.5 Å². The minimum atomic E-state index is -0.733. The van der Waals surface area contributed by atoms with Gasteiger partial charge in [0.25, 0.3) is 0 Å². The zero-order valence-corrected chi connectivity index (χ0v) is 10.4. The molecule has 0 bridgehead atoms. The van der Waals surface area contributed by atoms with E-state index in [4.69, 9.17) is 23.2 Å². The normalized spacial score (nSPS) is 13.7. The van der Waals surface area contributed by atoms with E-state index in [-0.39, 0.29) is 5.78 Å². The maximum absolute atomic E-state index is 11.9. The van der Waals surface area contributed by atoms with Crippen molar-refractivity contribution >= 4 is 29.0 Å². The molecule has 1 unspecified atom stereocenters. The number of ketones is 1. The number of hydrogen-bond acceptors (Lipinski definition) is 2. The number of Topliss-reactive ketones (excluding diaryl/α,β-unsaturated/α-hetero) is 1. The van der Waals surface area contributed by atoms with Crippen molar-refractivity contribution in [3.8, 4) is 0 Å². The fraction of sp³-hybridized carbons (Fsp3) is 0.455. The lowest BCUT2D eigenvalue weighted by Crippen LogP contribution is -2.24. The van der Waals surface area contributed by atoms with Gasteiger partial charge >= 0.3 is 0 Å². The number of pyridine rings is 1. The third-order valence-corrected chi connectivity index (χ3v) is 2.60. The van der Waals surface area contributed by atoms with Crippen LogP contribution in [0.1, 0.15) is 31.8 Å². The van der Waals surface area contributed by atoms with Crippen molar-refractivity contribution in [2.24, 2.45) is 5.41 Å². The summed E-state index contributed by atoms with van der Waals surface area (Å²) in [5, 5.41) is -0.386. The first-order valence-electron chi connectivity index (χ1n) is 4.63. The third-order valence-electron chi connectivity index (χ3n) is 1.97. The lowest BCUT2D eigenvalue weighted by Gasteiger charge is -2.20. The molecule has 0 aliphatic rings. The summed E-state index contributed by atoms with van der Waals surface area (Å²) in [6, 6.07) is 5.08. The summed E-state index contributed by atoms with van der Waals surface area (Å²) in [5.41, 5.74) is 0.0280. The highest BCUT2D eigenvalue weighted by atomic mass is 35.5. The van der Waals surface area contributed by atoms with Gasteiger partial charge in [0.2, 0.25) is 0 Å². The second-order valence-corrected chi connectivity index (χ2v) is 5.19. The summed E-state index contributed by atoms with van der Waals surface area (Å²) in [6.45, 7) is 5.49. The number of aromatic nitrogens is 1. The molecule has 0 saturated carbocycles. The van der Waals surface area contributed by atoms with Crippen LogP contribution in [0, 0.1) is 5.41 Å². The maximum Gasteiger partial charge on any atom is 0.162 e. The molecule has 15 heavy (non-hydrogen) atoms. The monoisotopic (exact) mass is 245 g/mol. The molecule has 0 aliphatic heterocycles. The van der Waals surface area contributed by atoms with Gasteiger partial charge in [0.05, 0.1) is 5.69 Å². The molecular formula is C11H13Cl2NO. The van der Waals surface area contributed by atoms with E-state index in [0.29, 0.717) is 10.8 Å². The molecule has 0 fully saturated rings. The maximum atomic E-state index is 11.9. The molecule has 1 aromatic heterocycles. The number of alkyl halides is 1. The Morgan fingerprint density at radius 3 is 2.47 bits per heavy atom. The minimum Gasteiger partial charge on any atom is -0.297 e. The van der Waals surface area contributed by atoms with Crippen molar-refractivity contribution in [1.29, 1.82) is 0 Å². The van der Waals surface area contributed by atoms with Gasteiger partial charge in [-0.3, -0.25) is 4.79 Å². The Morgan fingerprint density at radius 1 is 1.40 bits per heavy atom. The smallest absolute Gasteiger partial charge is 0.162 e. The minimum absolute atomic E-state index is 0.0565. The predicted molar refractivity (Wildman–Crippen MR) is 62.3 cm³/mol. The number of carbonyl (C=O) groups is 1.